The molecule has 2 rings (SSSR count). The van der Waals surface area contributed by atoms with Gasteiger partial charge in [-0.3, -0.25) is 9.78 Å². The van der Waals surface area contributed by atoms with Crippen molar-refractivity contribution in [2.45, 2.75) is 0 Å². The molecule has 0 saturated heterocycles. The molecule has 2 aromatic heterocycles. The quantitative estimate of drug-likeness (QED) is 0.475. The highest BCUT2D eigenvalue weighted by Gasteiger charge is 2.21. The van der Waals surface area contributed by atoms with E-state index in [4.69, 9.17) is 4.74 Å². The summed E-state index contributed by atoms with van der Waals surface area (Å²) in [4.78, 5) is 19.9. The van der Waals surface area contributed by atoms with Crippen LogP contribution in [-0.2, 0) is 11.8 Å². The van der Waals surface area contributed by atoms with Gasteiger partial charge in [0.15, 0.2) is 11.9 Å². The number of fused-ring (bicyclic) bond motifs is 1. The number of nitrogens with zero attached hydrogens (tertiary/aromatic N) is 3. The van der Waals surface area contributed by atoms with Crippen LogP contribution in [0.4, 0.5) is 0 Å². The lowest BCUT2D eigenvalue weighted by atomic mass is 10.1. The van der Waals surface area contributed by atoms with Gasteiger partial charge in [0.05, 0.1) is 18.4 Å². The molecular weight excluding hydrogens is 254 g/mol. The van der Waals surface area contributed by atoms with Gasteiger partial charge in [0, 0.05) is 25.0 Å². The second-order valence-electron chi connectivity index (χ2n) is 4.11. The maximum absolute atomic E-state index is 11.5. The van der Waals surface area contributed by atoms with E-state index in [-0.39, 0.29) is 0 Å². The van der Waals surface area contributed by atoms with Crippen molar-refractivity contribution in [2.24, 2.45) is 7.05 Å². The standard InChI is InChI=1S/C15H15N3O2/c1-5-6-11(10(2)20-4)14-12(9-19)13-15(18(14)3)17-8-7-16-13/h5-9H,1-2H2,3-4H3/b11-6+. The zero-order chi connectivity index (χ0) is 14.7. The molecule has 5 nitrogen and oxygen atoms in total. The van der Waals surface area contributed by atoms with E-state index in [0.717, 1.165) is 6.29 Å². The molecule has 0 spiro atoms. The second kappa shape index (κ2) is 5.52. The largest absolute Gasteiger partial charge is 0.497 e. The lowest BCUT2D eigenvalue weighted by Crippen LogP contribution is -2.02. The number of hydrogen-bond donors (Lipinski definition) is 0. The fourth-order valence-corrected chi connectivity index (χ4v) is 2.13. The molecule has 0 atom stereocenters. The molecule has 0 unspecified atom stereocenters. The fourth-order valence-electron chi connectivity index (χ4n) is 2.13. The van der Waals surface area contributed by atoms with Gasteiger partial charge in [-0.1, -0.05) is 19.2 Å². The minimum absolute atomic E-state index is 0.443. The summed E-state index contributed by atoms with van der Waals surface area (Å²) in [5, 5.41) is 0. The SMILES string of the molecule is C=C/C=C(\C(=C)OC)c1c(C=O)c2nccnc2n1C. The lowest BCUT2D eigenvalue weighted by molar-refractivity contribution is 0.112. The molecule has 0 aliphatic rings. The lowest BCUT2D eigenvalue weighted by Gasteiger charge is -2.11. The van der Waals surface area contributed by atoms with Crippen molar-refractivity contribution in [3.8, 4) is 0 Å². The van der Waals surface area contributed by atoms with Crippen LogP contribution in [-0.4, -0.2) is 27.9 Å². The normalized spacial score (nSPS) is 11.4. The average molecular weight is 269 g/mol. The van der Waals surface area contributed by atoms with Crippen LogP contribution in [0.25, 0.3) is 16.7 Å². The van der Waals surface area contributed by atoms with Crippen LogP contribution in [0.15, 0.2) is 43.5 Å². The first-order valence-corrected chi connectivity index (χ1v) is 5.96. The van der Waals surface area contributed by atoms with Crippen LogP contribution in [0.3, 0.4) is 0 Å². The first-order chi connectivity index (χ1) is 9.65. The van der Waals surface area contributed by atoms with E-state index in [9.17, 15) is 4.79 Å². The Morgan fingerprint density at radius 3 is 2.70 bits per heavy atom. The summed E-state index contributed by atoms with van der Waals surface area (Å²) < 4.78 is 6.99. The third-order valence-electron chi connectivity index (χ3n) is 3.05. The number of aryl methyl sites for hydroxylation is 1. The zero-order valence-corrected chi connectivity index (χ0v) is 11.5. The topological polar surface area (TPSA) is 57.0 Å². The Morgan fingerprint density at radius 1 is 1.40 bits per heavy atom. The maximum Gasteiger partial charge on any atom is 0.159 e. The Hall–Kier alpha value is -2.69. The van der Waals surface area contributed by atoms with Crippen molar-refractivity contribution < 1.29 is 9.53 Å². The van der Waals surface area contributed by atoms with Crippen LogP contribution in [0.2, 0.25) is 0 Å². The molecule has 0 bridgehead atoms. The number of hydrogen-bond acceptors (Lipinski definition) is 4. The van der Waals surface area contributed by atoms with Gasteiger partial charge in [0.25, 0.3) is 0 Å². The smallest absolute Gasteiger partial charge is 0.159 e. The molecule has 0 saturated carbocycles. The van der Waals surface area contributed by atoms with Crippen molar-refractivity contribution in [3.05, 3.63) is 54.7 Å². The van der Waals surface area contributed by atoms with E-state index in [1.807, 2.05) is 7.05 Å². The highest BCUT2D eigenvalue weighted by molar-refractivity contribution is 6.01. The number of rotatable bonds is 5. The highest BCUT2D eigenvalue weighted by atomic mass is 16.5. The minimum Gasteiger partial charge on any atom is -0.497 e. The van der Waals surface area contributed by atoms with Crippen molar-refractivity contribution >= 4 is 23.0 Å². The number of carbonyl (C=O) groups is 1. The number of methoxy groups -OCH3 is 1. The van der Waals surface area contributed by atoms with E-state index >= 15 is 0 Å². The van der Waals surface area contributed by atoms with Gasteiger partial charge in [-0.25, -0.2) is 4.98 Å². The molecule has 20 heavy (non-hydrogen) atoms. The second-order valence-corrected chi connectivity index (χ2v) is 4.11. The van der Waals surface area contributed by atoms with Crippen molar-refractivity contribution in [1.29, 1.82) is 0 Å². The van der Waals surface area contributed by atoms with Gasteiger partial charge >= 0.3 is 0 Å². The Bertz CT molecular complexity index is 726. The molecule has 5 heteroatoms. The van der Waals surface area contributed by atoms with Gasteiger partial charge in [-0.2, -0.15) is 0 Å². The zero-order valence-electron chi connectivity index (χ0n) is 11.5. The number of aromatic nitrogens is 3. The third kappa shape index (κ3) is 2.03. The molecule has 0 fully saturated rings. The number of carbonyl (C=O) groups excluding carboxylic acids is 1. The summed E-state index contributed by atoms with van der Waals surface area (Å²) in [7, 11) is 3.35. The van der Waals surface area contributed by atoms with E-state index in [1.54, 1.807) is 29.1 Å². The number of ether oxygens (including phenoxy) is 1. The van der Waals surface area contributed by atoms with E-state index < -0.39 is 0 Å². The predicted molar refractivity (Wildman–Crippen MR) is 78.2 cm³/mol. The summed E-state index contributed by atoms with van der Waals surface area (Å²) in [6, 6.07) is 0. The molecule has 0 aliphatic heterocycles. The van der Waals surface area contributed by atoms with Gasteiger partial charge in [-0.05, 0) is 6.08 Å². The maximum atomic E-state index is 11.5. The molecule has 2 aromatic rings. The highest BCUT2D eigenvalue weighted by Crippen LogP contribution is 2.30. The van der Waals surface area contributed by atoms with Crippen LogP contribution in [0.1, 0.15) is 16.1 Å². The summed E-state index contributed by atoms with van der Waals surface area (Å²) >= 11 is 0. The molecule has 0 aliphatic carbocycles. The Kier molecular flexibility index (Phi) is 3.79. The minimum atomic E-state index is 0.443. The average Bonchev–Trinajstić information content (AvgIpc) is 2.77. The van der Waals surface area contributed by atoms with Crippen LogP contribution in [0.5, 0.6) is 0 Å². The molecule has 2 heterocycles. The molecule has 102 valence electrons. The fraction of sp³-hybridized carbons (Fsp3) is 0.133. The summed E-state index contributed by atoms with van der Waals surface area (Å²) in [5.41, 5.74) is 2.98. The molecular formula is C15H15N3O2. The van der Waals surface area contributed by atoms with E-state index in [0.29, 0.717) is 33.8 Å². The third-order valence-corrected chi connectivity index (χ3v) is 3.05. The van der Waals surface area contributed by atoms with Gasteiger partial charge in [0.1, 0.15) is 11.3 Å². The molecule has 0 radical (unpaired) electrons. The summed E-state index contributed by atoms with van der Waals surface area (Å²) in [6.45, 7) is 7.53. The van der Waals surface area contributed by atoms with Crippen LogP contribution in [0, 0.1) is 0 Å². The van der Waals surface area contributed by atoms with Crippen molar-refractivity contribution in [2.75, 3.05) is 7.11 Å². The van der Waals surface area contributed by atoms with Crippen LogP contribution >= 0.6 is 0 Å². The summed E-state index contributed by atoms with van der Waals surface area (Å²) in [5.74, 6) is 0.443. The first-order valence-electron chi connectivity index (χ1n) is 5.96. The van der Waals surface area contributed by atoms with Crippen molar-refractivity contribution in [1.82, 2.24) is 14.5 Å². The molecule has 0 N–H and O–H groups in total. The van der Waals surface area contributed by atoms with E-state index in [2.05, 4.69) is 23.1 Å². The number of aldehydes is 1. The van der Waals surface area contributed by atoms with Crippen LogP contribution < -0.4 is 0 Å². The Labute approximate surface area is 116 Å². The van der Waals surface area contributed by atoms with Gasteiger partial charge in [-0.15, -0.1) is 0 Å². The van der Waals surface area contributed by atoms with E-state index in [1.165, 1.54) is 7.11 Å². The van der Waals surface area contributed by atoms with Gasteiger partial charge < -0.3 is 9.30 Å². The molecule has 0 amide bonds. The monoisotopic (exact) mass is 269 g/mol. The Balaban J connectivity index is 2.85. The van der Waals surface area contributed by atoms with Gasteiger partial charge in [0.2, 0.25) is 0 Å². The summed E-state index contributed by atoms with van der Waals surface area (Å²) in [6.07, 6.45) is 7.27. The Morgan fingerprint density at radius 2 is 2.10 bits per heavy atom. The molecule has 0 aromatic carbocycles. The predicted octanol–water partition coefficient (Wildman–Crippen LogP) is 2.51. The van der Waals surface area contributed by atoms with Crippen molar-refractivity contribution in [3.63, 3.8) is 0 Å². The first kappa shape index (κ1) is 13.7. The number of allylic oxidation sites excluding steroid dienone is 3.